The van der Waals surface area contributed by atoms with Crippen LogP contribution < -0.4 is 5.43 Å². The summed E-state index contributed by atoms with van der Waals surface area (Å²) in [5.74, 6) is 0.539. The Morgan fingerprint density at radius 2 is 2.12 bits per heavy atom. The number of aromatic hydroxyl groups is 1. The number of hydrogen-bond acceptors (Lipinski definition) is 4. The van der Waals surface area contributed by atoms with E-state index < -0.39 is 0 Å². The average molecular weight is 337 g/mol. The van der Waals surface area contributed by atoms with Crippen LogP contribution in [0.1, 0.15) is 33.1 Å². The van der Waals surface area contributed by atoms with E-state index in [0.29, 0.717) is 12.1 Å². The molecular weight excluding hydrogens is 318 g/mol. The lowest BCUT2D eigenvalue weighted by Gasteiger charge is -2.07. The third-order valence-electron chi connectivity index (χ3n) is 3.98. The maximum absolute atomic E-state index is 12.0. The number of rotatable bonds is 5. The molecular formula is C19H19N3O3. The summed E-state index contributed by atoms with van der Waals surface area (Å²) >= 11 is 0. The Labute approximate surface area is 145 Å². The largest absolute Gasteiger partial charge is 0.508 e. The zero-order valence-corrected chi connectivity index (χ0v) is 14.1. The van der Waals surface area contributed by atoms with Crippen LogP contribution in [0.5, 0.6) is 5.75 Å². The summed E-state index contributed by atoms with van der Waals surface area (Å²) in [7, 11) is 0. The van der Waals surface area contributed by atoms with Crippen molar-refractivity contribution in [3.8, 4) is 5.75 Å². The smallest absolute Gasteiger partial charge is 0.271 e. The number of nitrogens with zero attached hydrogens (tertiary/aromatic N) is 2. The first-order valence-corrected chi connectivity index (χ1v) is 7.86. The van der Waals surface area contributed by atoms with Crippen LogP contribution in [-0.2, 0) is 6.54 Å². The van der Waals surface area contributed by atoms with Crippen molar-refractivity contribution >= 4 is 12.1 Å². The average Bonchev–Trinajstić information content (AvgIpc) is 3.19. The van der Waals surface area contributed by atoms with Gasteiger partial charge in [-0.15, -0.1) is 0 Å². The molecule has 0 bridgehead atoms. The number of phenolic OH excluding ortho intramolecular Hbond substituents is 1. The number of hydrogen-bond donors (Lipinski definition) is 2. The van der Waals surface area contributed by atoms with E-state index in [1.165, 1.54) is 12.1 Å². The van der Waals surface area contributed by atoms with Crippen molar-refractivity contribution in [1.82, 2.24) is 9.99 Å². The summed E-state index contributed by atoms with van der Waals surface area (Å²) in [6.07, 6.45) is 3.27. The molecule has 2 heterocycles. The molecule has 6 heteroatoms. The molecule has 3 aromatic rings. The molecule has 25 heavy (non-hydrogen) atoms. The van der Waals surface area contributed by atoms with Gasteiger partial charge in [-0.2, -0.15) is 5.10 Å². The van der Waals surface area contributed by atoms with Crippen LogP contribution in [0.3, 0.4) is 0 Å². The normalized spacial score (nSPS) is 11.1. The van der Waals surface area contributed by atoms with Crippen LogP contribution >= 0.6 is 0 Å². The van der Waals surface area contributed by atoms with E-state index in [9.17, 15) is 9.90 Å². The van der Waals surface area contributed by atoms with E-state index in [2.05, 4.69) is 15.1 Å². The van der Waals surface area contributed by atoms with Crippen molar-refractivity contribution in [2.45, 2.75) is 20.4 Å². The highest BCUT2D eigenvalue weighted by Crippen LogP contribution is 2.16. The second-order valence-electron chi connectivity index (χ2n) is 5.74. The van der Waals surface area contributed by atoms with E-state index in [1.807, 2.05) is 32.0 Å². The zero-order valence-electron chi connectivity index (χ0n) is 14.1. The lowest BCUT2D eigenvalue weighted by molar-refractivity contribution is 0.0954. The van der Waals surface area contributed by atoms with E-state index >= 15 is 0 Å². The van der Waals surface area contributed by atoms with Gasteiger partial charge in [0.15, 0.2) is 0 Å². The molecule has 1 aromatic carbocycles. The Hall–Kier alpha value is -3.28. The topological polar surface area (TPSA) is 79.8 Å². The fraction of sp³-hybridized carbons (Fsp3) is 0.158. The second kappa shape index (κ2) is 7.09. The molecule has 0 aliphatic heterocycles. The van der Waals surface area contributed by atoms with Crippen molar-refractivity contribution < 1.29 is 14.3 Å². The molecule has 3 rings (SSSR count). The third-order valence-corrected chi connectivity index (χ3v) is 3.98. The molecule has 0 saturated carbocycles. The third kappa shape index (κ3) is 3.80. The maximum atomic E-state index is 12.0. The van der Waals surface area contributed by atoms with E-state index in [1.54, 1.807) is 24.6 Å². The minimum atomic E-state index is -0.378. The van der Waals surface area contributed by atoms with E-state index in [0.717, 1.165) is 22.7 Å². The molecule has 0 atom stereocenters. The van der Waals surface area contributed by atoms with Crippen molar-refractivity contribution in [3.63, 3.8) is 0 Å². The SMILES string of the molecule is Cc1cc(/C=N\NC(=O)c2cccc(O)c2)c(C)n1Cc1ccco1. The van der Waals surface area contributed by atoms with Crippen molar-refractivity contribution in [1.29, 1.82) is 0 Å². The first-order chi connectivity index (χ1) is 12.0. The molecule has 0 saturated heterocycles. The van der Waals surface area contributed by atoms with Gasteiger partial charge < -0.3 is 14.1 Å². The molecule has 0 aliphatic rings. The number of phenols is 1. The van der Waals surface area contributed by atoms with Crippen molar-refractivity contribution in [2.75, 3.05) is 0 Å². The molecule has 0 aliphatic carbocycles. The number of hydrazone groups is 1. The molecule has 2 aromatic heterocycles. The first kappa shape index (κ1) is 16.6. The minimum absolute atomic E-state index is 0.0399. The van der Waals surface area contributed by atoms with Gasteiger partial charge in [-0.3, -0.25) is 4.79 Å². The highest BCUT2D eigenvalue weighted by molar-refractivity contribution is 5.95. The van der Waals surface area contributed by atoms with Gasteiger partial charge in [0.25, 0.3) is 5.91 Å². The van der Waals surface area contributed by atoms with Gasteiger partial charge in [0.05, 0.1) is 19.0 Å². The number of benzene rings is 1. The number of aromatic nitrogens is 1. The summed E-state index contributed by atoms with van der Waals surface area (Å²) in [5, 5.41) is 13.4. The Bertz CT molecular complexity index is 908. The molecule has 2 N–H and O–H groups in total. The number of aryl methyl sites for hydroxylation is 1. The van der Waals surface area contributed by atoms with Gasteiger partial charge >= 0.3 is 0 Å². The quantitative estimate of drug-likeness (QED) is 0.554. The van der Waals surface area contributed by atoms with Gasteiger partial charge in [-0.1, -0.05) is 6.07 Å². The number of carbonyl (C=O) groups excluding carboxylic acids is 1. The number of amides is 1. The van der Waals surface area contributed by atoms with Crippen LogP contribution in [0.25, 0.3) is 0 Å². The highest BCUT2D eigenvalue weighted by Gasteiger charge is 2.09. The lowest BCUT2D eigenvalue weighted by Crippen LogP contribution is -2.17. The van der Waals surface area contributed by atoms with Crippen molar-refractivity contribution in [2.24, 2.45) is 5.10 Å². The van der Waals surface area contributed by atoms with Crippen molar-refractivity contribution in [3.05, 3.63) is 77.0 Å². The standard InChI is InChI=1S/C19H19N3O3/c1-13-9-16(14(2)22(13)12-18-7-4-8-25-18)11-20-21-19(24)15-5-3-6-17(23)10-15/h3-11,23H,12H2,1-2H3,(H,21,24)/b20-11-. The van der Waals surface area contributed by atoms with Crippen LogP contribution in [-0.4, -0.2) is 21.8 Å². The minimum Gasteiger partial charge on any atom is -0.508 e. The molecule has 1 amide bonds. The molecule has 0 radical (unpaired) electrons. The molecule has 6 nitrogen and oxygen atoms in total. The van der Waals surface area contributed by atoms with Gasteiger partial charge in [-0.05, 0) is 50.2 Å². The monoisotopic (exact) mass is 337 g/mol. The molecule has 0 unspecified atom stereocenters. The maximum Gasteiger partial charge on any atom is 0.271 e. The predicted octanol–water partition coefficient (Wildman–Crippen LogP) is 3.22. The molecule has 0 fully saturated rings. The second-order valence-corrected chi connectivity index (χ2v) is 5.74. The fourth-order valence-electron chi connectivity index (χ4n) is 2.63. The summed E-state index contributed by atoms with van der Waals surface area (Å²) < 4.78 is 7.52. The highest BCUT2D eigenvalue weighted by atomic mass is 16.3. The summed E-state index contributed by atoms with van der Waals surface area (Å²) in [6.45, 7) is 4.65. The van der Waals surface area contributed by atoms with E-state index in [4.69, 9.17) is 4.42 Å². The Kier molecular flexibility index (Phi) is 4.70. The Morgan fingerprint density at radius 1 is 1.28 bits per heavy atom. The lowest BCUT2D eigenvalue weighted by atomic mass is 10.2. The zero-order chi connectivity index (χ0) is 17.8. The van der Waals surface area contributed by atoms with Crippen LogP contribution in [0.15, 0.2) is 58.2 Å². The Balaban J connectivity index is 1.70. The summed E-state index contributed by atoms with van der Waals surface area (Å²) in [4.78, 5) is 12.0. The molecule has 0 spiro atoms. The van der Waals surface area contributed by atoms with Gasteiger partial charge in [0.2, 0.25) is 0 Å². The van der Waals surface area contributed by atoms with E-state index in [-0.39, 0.29) is 11.7 Å². The first-order valence-electron chi connectivity index (χ1n) is 7.86. The number of nitrogens with one attached hydrogen (secondary N) is 1. The summed E-state index contributed by atoms with van der Waals surface area (Å²) in [5.41, 5.74) is 5.84. The van der Waals surface area contributed by atoms with Crippen LogP contribution in [0, 0.1) is 13.8 Å². The van der Waals surface area contributed by atoms with Gasteiger partial charge in [0.1, 0.15) is 11.5 Å². The predicted molar refractivity (Wildman–Crippen MR) is 94.9 cm³/mol. The van der Waals surface area contributed by atoms with Gasteiger partial charge in [0, 0.05) is 22.5 Å². The van der Waals surface area contributed by atoms with Crippen LogP contribution in [0.4, 0.5) is 0 Å². The van der Waals surface area contributed by atoms with Crippen LogP contribution in [0.2, 0.25) is 0 Å². The fourth-order valence-corrected chi connectivity index (χ4v) is 2.63. The Morgan fingerprint density at radius 3 is 2.84 bits per heavy atom. The molecule has 128 valence electrons. The summed E-state index contributed by atoms with van der Waals surface area (Å²) in [6, 6.07) is 11.9. The van der Waals surface area contributed by atoms with Gasteiger partial charge in [-0.25, -0.2) is 5.43 Å². The number of furan rings is 1. The number of carbonyl (C=O) groups is 1.